The zero-order chi connectivity index (χ0) is 20.4. The Hall–Kier alpha value is -2.77. The van der Waals surface area contributed by atoms with Crippen LogP contribution >= 0.6 is 12.4 Å². The van der Waals surface area contributed by atoms with E-state index in [0.717, 1.165) is 24.9 Å². The van der Waals surface area contributed by atoms with Crippen LogP contribution < -0.4 is 5.73 Å². The summed E-state index contributed by atoms with van der Waals surface area (Å²) in [6.07, 6.45) is 1.94. The number of benzene rings is 2. The first kappa shape index (κ1) is 21.9. The van der Waals surface area contributed by atoms with Crippen molar-refractivity contribution in [3.05, 3.63) is 59.9 Å². The fourth-order valence-corrected chi connectivity index (χ4v) is 3.72. The van der Waals surface area contributed by atoms with Crippen LogP contribution in [0.3, 0.4) is 0 Å². The van der Waals surface area contributed by atoms with E-state index in [1.54, 1.807) is 36.4 Å². The molecule has 1 saturated heterocycles. The number of nitrogens with two attached hydrogens (primary N) is 1. The lowest BCUT2D eigenvalue weighted by molar-refractivity contribution is 0.0573. The van der Waals surface area contributed by atoms with Crippen LogP contribution in [0, 0.1) is 11.7 Å². The third-order valence-electron chi connectivity index (χ3n) is 5.42. The largest absolute Gasteiger partial charge is 0.334 e. The minimum atomic E-state index is -0.325. The zero-order valence-corrected chi connectivity index (χ0v) is 17.4. The van der Waals surface area contributed by atoms with Gasteiger partial charge >= 0.3 is 0 Å². The molecule has 1 fully saturated rings. The van der Waals surface area contributed by atoms with Gasteiger partial charge in [0.25, 0.3) is 11.8 Å². The standard InChI is InChI=1S/C22H23FN4O2.ClH/c1-14-10-11-27(19(12-14)13-24)22(28)17-4-2-15(3-5-17)20-25-21(29-26-20)16-6-8-18(23)9-7-16;/h2-9,14,19H,10-13,24H2,1H3;1H. The molecule has 2 unspecified atom stereocenters. The fourth-order valence-electron chi connectivity index (χ4n) is 3.72. The SMILES string of the molecule is CC1CCN(C(=O)c2ccc(-c3noc(-c4ccc(F)cc4)n3)cc2)C(CN)C1.Cl. The molecule has 0 bridgehead atoms. The number of carbonyl (C=O) groups is 1. The molecule has 0 saturated carbocycles. The van der Waals surface area contributed by atoms with E-state index in [-0.39, 0.29) is 30.2 Å². The summed E-state index contributed by atoms with van der Waals surface area (Å²) in [6.45, 7) is 3.41. The van der Waals surface area contributed by atoms with E-state index in [1.807, 2.05) is 4.90 Å². The van der Waals surface area contributed by atoms with Crippen LogP contribution in [0.25, 0.3) is 22.8 Å². The summed E-state index contributed by atoms with van der Waals surface area (Å²) in [6, 6.07) is 13.1. The number of aromatic nitrogens is 2. The van der Waals surface area contributed by atoms with Crippen LogP contribution in [0.2, 0.25) is 0 Å². The maximum Gasteiger partial charge on any atom is 0.258 e. The summed E-state index contributed by atoms with van der Waals surface area (Å²) < 4.78 is 18.4. The monoisotopic (exact) mass is 430 g/mol. The number of carbonyl (C=O) groups excluding carboxylic acids is 1. The number of halogens is 2. The Balaban J connectivity index is 0.00000256. The van der Waals surface area contributed by atoms with Crippen molar-refractivity contribution in [2.24, 2.45) is 11.7 Å². The third kappa shape index (κ3) is 4.52. The molecule has 1 amide bonds. The number of hydrogen-bond acceptors (Lipinski definition) is 5. The Kier molecular flexibility index (Phi) is 6.84. The molecule has 1 aliphatic rings. The van der Waals surface area contributed by atoms with E-state index < -0.39 is 0 Å². The Morgan fingerprint density at radius 1 is 1.17 bits per heavy atom. The van der Waals surface area contributed by atoms with Gasteiger partial charge in [-0.3, -0.25) is 4.79 Å². The highest BCUT2D eigenvalue weighted by Gasteiger charge is 2.29. The molecule has 8 heteroatoms. The molecular formula is C22H24ClFN4O2. The quantitative estimate of drug-likeness (QED) is 0.671. The fraction of sp³-hybridized carbons (Fsp3) is 0.318. The van der Waals surface area contributed by atoms with Gasteiger partial charge in [-0.25, -0.2) is 4.39 Å². The van der Waals surface area contributed by atoms with Gasteiger partial charge < -0.3 is 15.2 Å². The lowest BCUT2D eigenvalue weighted by Crippen LogP contribution is -2.49. The molecule has 4 rings (SSSR count). The second-order valence-electron chi connectivity index (χ2n) is 7.53. The number of rotatable bonds is 4. The molecule has 3 aromatic rings. The lowest BCUT2D eigenvalue weighted by Gasteiger charge is -2.38. The van der Waals surface area contributed by atoms with E-state index >= 15 is 0 Å². The van der Waals surface area contributed by atoms with Crippen molar-refractivity contribution < 1.29 is 13.7 Å². The molecule has 6 nitrogen and oxygen atoms in total. The van der Waals surface area contributed by atoms with E-state index in [1.165, 1.54) is 12.1 Å². The Labute approximate surface area is 180 Å². The van der Waals surface area contributed by atoms with Crippen LogP contribution in [0.1, 0.15) is 30.1 Å². The van der Waals surface area contributed by atoms with E-state index in [4.69, 9.17) is 10.3 Å². The molecule has 0 radical (unpaired) electrons. The summed E-state index contributed by atoms with van der Waals surface area (Å²) in [4.78, 5) is 19.2. The first-order valence-corrected chi connectivity index (χ1v) is 9.76. The van der Waals surface area contributed by atoms with Crippen molar-refractivity contribution in [3.8, 4) is 22.8 Å². The van der Waals surface area contributed by atoms with Gasteiger partial charge in [-0.1, -0.05) is 24.2 Å². The van der Waals surface area contributed by atoms with Crippen molar-refractivity contribution in [1.82, 2.24) is 15.0 Å². The van der Waals surface area contributed by atoms with Crippen molar-refractivity contribution in [2.45, 2.75) is 25.8 Å². The van der Waals surface area contributed by atoms with Gasteiger partial charge in [0, 0.05) is 35.8 Å². The lowest BCUT2D eigenvalue weighted by atomic mass is 9.92. The van der Waals surface area contributed by atoms with Crippen molar-refractivity contribution >= 4 is 18.3 Å². The van der Waals surface area contributed by atoms with Crippen LogP contribution in [0.4, 0.5) is 4.39 Å². The molecule has 2 aromatic carbocycles. The van der Waals surface area contributed by atoms with Gasteiger partial charge in [-0.05, 0) is 55.2 Å². The zero-order valence-electron chi connectivity index (χ0n) is 16.6. The second-order valence-corrected chi connectivity index (χ2v) is 7.53. The average Bonchev–Trinajstić information content (AvgIpc) is 3.24. The molecule has 1 aliphatic heterocycles. The molecule has 30 heavy (non-hydrogen) atoms. The van der Waals surface area contributed by atoms with Gasteiger partial charge in [-0.15, -0.1) is 12.4 Å². The average molecular weight is 431 g/mol. The highest BCUT2D eigenvalue weighted by atomic mass is 35.5. The molecule has 158 valence electrons. The van der Waals surface area contributed by atoms with Crippen LogP contribution in [0.5, 0.6) is 0 Å². The first-order chi connectivity index (χ1) is 14.0. The summed E-state index contributed by atoms with van der Waals surface area (Å²) >= 11 is 0. The van der Waals surface area contributed by atoms with Crippen LogP contribution in [0.15, 0.2) is 53.1 Å². The van der Waals surface area contributed by atoms with E-state index in [0.29, 0.717) is 35.3 Å². The maximum atomic E-state index is 13.1. The van der Waals surface area contributed by atoms with Crippen molar-refractivity contribution in [3.63, 3.8) is 0 Å². The summed E-state index contributed by atoms with van der Waals surface area (Å²) in [5, 5.41) is 3.99. The third-order valence-corrected chi connectivity index (χ3v) is 5.42. The number of nitrogens with zero attached hydrogens (tertiary/aromatic N) is 3. The highest BCUT2D eigenvalue weighted by molar-refractivity contribution is 5.95. The molecular weight excluding hydrogens is 407 g/mol. The minimum Gasteiger partial charge on any atom is -0.334 e. The predicted molar refractivity (Wildman–Crippen MR) is 115 cm³/mol. The summed E-state index contributed by atoms with van der Waals surface area (Å²) in [5.74, 6) is 0.986. The second kappa shape index (κ2) is 9.36. The van der Waals surface area contributed by atoms with Gasteiger partial charge in [0.2, 0.25) is 5.82 Å². The molecule has 2 heterocycles. The van der Waals surface area contributed by atoms with Gasteiger partial charge in [-0.2, -0.15) is 4.98 Å². The number of hydrogen-bond donors (Lipinski definition) is 1. The molecule has 2 N–H and O–H groups in total. The molecule has 2 atom stereocenters. The Bertz CT molecular complexity index is 991. The minimum absolute atomic E-state index is 0. The van der Waals surface area contributed by atoms with Gasteiger partial charge in [0.1, 0.15) is 5.82 Å². The predicted octanol–water partition coefficient (Wildman–Crippen LogP) is 4.16. The summed E-state index contributed by atoms with van der Waals surface area (Å²) in [7, 11) is 0. The van der Waals surface area contributed by atoms with Gasteiger partial charge in [0.15, 0.2) is 0 Å². The van der Waals surface area contributed by atoms with Crippen molar-refractivity contribution in [1.29, 1.82) is 0 Å². The highest BCUT2D eigenvalue weighted by Crippen LogP contribution is 2.26. The molecule has 1 aromatic heterocycles. The maximum absolute atomic E-state index is 13.1. The van der Waals surface area contributed by atoms with Crippen LogP contribution in [-0.2, 0) is 0 Å². The molecule has 0 spiro atoms. The topological polar surface area (TPSA) is 85.2 Å². The van der Waals surface area contributed by atoms with Crippen molar-refractivity contribution in [2.75, 3.05) is 13.1 Å². The van der Waals surface area contributed by atoms with E-state index in [9.17, 15) is 9.18 Å². The Morgan fingerprint density at radius 2 is 1.83 bits per heavy atom. The van der Waals surface area contributed by atoms with Crippen LogP contribution in [-0.4, -0.2) is 40.1 Å². The van der Waals surface area contributed by atoms with E-state index in [2.05, 4.69) is 17.1 Å². The summed E-state index contributed by atoms with van der Waals surface area (Å²) in [5.41, 5.74) is 7.88. The Morgan fingerprint density at radius 3 is 2.50 bits per heavy atom. The number of amides is 1. The normalized spacial score (nSPS) is 18.7. The smallest absolute Gasteiger partial charge is 0.258 e. The number of piperidine rings is 1. The molecule has 0 aliphatic carbocycles. The first-order valence-electron chi connectivity index (χ1n) is 9.76. The van der Waals surface area contributed by atoms with Gasteiger partial charge in [0.05, 0.1) is 0 Å². The number of likely N-dealkylation sites (tertiary alicyclic amines) is 1.